The number of hydrogen-bond acceptors (Lipinski definition) is 2. The largest absolute Gasteiger partial charge is 0.508 e. The molecular weight excluding hydrogens is 162 g/mol. The highest BCUT2D eigenvalue weighted by Gasteiger charge is 2.04. The molecule has 0 fully saturated rings. The molecule has 0 aliphatic rings. The van der Waals surface area contributed by atoms with Gasteiger partial charge in [-0.15, -0.1) is 0 Å². The second-order valence-electron chi connectivity index (χ2n) is 3.68. The Kier molecular flexibility index (Phi) is 3.32. The molecule has 1 unspecified atom stereocenters. The Morgan fingerprint density at radius 3 is 2.23 bits per heavy atom. The van der Waals surface area contributed by atoms with Gasteiger partial charge in [-0.05, 0) is 45.1 Å². The lowest BCUT2D eigenvalue weighted by Gasteiger charge is -2.19. The topological polar surface area (TPSA) is 23.5 Å². The first-order valence-corrected chi connectivity index (χ1v) is 4.54. The molecule has 0 radical (unpaired) electrons. The van der Waals surface area contributed by atoms with E-state index in [2.05, 4.69) is 25.9 Å². The van der Waals surface area contributed by atoms with Crippen LogP contribution in [0.1, 0.15) is 12.5 Å². The van der Waals surface area contributed by atoms with Gasteiger partial charge in [0, 0.05) is 6.04 Å². The molecule has 2 heteroatoms. The third-order valence-corrected chi connectivity index (χ3v) is 2.35. The van der Waals surface area contributed by atoms with Crippen molar-refractivity contribution >= 4 is 0 Å². The van der Waals surface area contributed by atoms with Crippen molar-refractivity contribution in [2.45, 2.75) is 19.4 Å². The minimum Gasteiger partial charge on any atom is -0.508 e. The van der Waals surface area contributed by atoms with E-state index in [0.29, 0.717) is 11.8 Å². The molecular formula is C11H17NO. The highest BCUT2D eigenvalue weighted by atomic mass is 16.3. The Morgan fingerprint density at radius 2 is 1.77 bits per heavy atom. The van der Waals surface area contributed by atoms with E-state index in [4.69, 9.17) is 5.11 Å². The van der Waals surface area contributed by atoms with Crippen molar-refractivity contribution in [1.82, 2.24) is 4.90 Å². The van der Waals surface area contributed by atoms with Gasteiger partial charge in [0.05, 0.1) is 0 Å². The summed E-state index contributed by atoms with van der Waals surface area (Å²) in [4.78, 5) is 2.19. The number of phenolic OH excluding ortho intramolecular Hbond substituents is 1. The fraction of sp³-hybridized carbons (Fsp3) is 0.455. The van der Waals surface area contributed by atoms with Crippen molar-refractivity contribution in [3.8, 4) is 5.75 Å². The van der Waals surface area contributed by atoms with Crippen molar-refractivity contribution in [2.24, 2.45) is 0 Å². The molecule has 0 aliphatic heterocycles. The van der Waals surface area contributed by atoms with Crippen LogP contribution in [0.3, 0.4) is 0 Å². The van der Waals surface area contributed by atoms with Crippen molar-refractivity contribution in [3.05, 3.63) is 29.8 Å². The molecule has 1 N–H and O–H groups in total. The van der Waals surface area contributed by atoms with Crippen LogP contribution in [-0.4, -0.2) is 30.1 Å². The second-order valence-corrected chi connectivity index (χ2v) is 3.68. The standard InChI is InChI=1S/C11H17NO/c1-9(12(2)3)8-10-4-6-11(13)7-5-10/h4-7,9,13H,8H2,1-3H3. The van der Waals surface area contributed by atoms with Crippen LogP contribution >= 0.6 is 0 Å². The van der Waals surface area contributed by atoms with Gasteiger partial charge in [0.2, 0.25) is 0 Å². The van der Waals surface area contributed by atoms with Crippen molar-refractivity contribution in [2.75, 3.05) is 14.1 Å². The molecule has 0 aliphatic carbocycles. The normalized spacial score (nSPS) is 13.2. The number of hydrogen-bond donors (Lipinski definition) is 1. The first kappa shape index (κ1) is 10.1. The number of aromatic hydroxyl groups is 1. The highest BCUT2D eigenvalue weighted by molar-refractivity contribution is 5.26. The summed E-state index contributed by atoms with van der Waals surface area (Å²) in [6.07, 6.45) is 1.02. The molecule has 0 saturated heterocycles. The summed E-state index contributed by atoms with van der Waals surface area (Å²) in [7, 11) is 4.15. The molecule has 13 heavy (non-hydrogen) atoms. The third-order valence-electron chi connectivity index (χ3n) is 2.35. The van der Waals surface area contributed by atoms with E-state index < -0.39 is 0 Å². The summed E-state index contributed by atoms with van der Waals surface area (Å²) in [6.45, 7) is 2.19. The maximum Gasteiger partial charge on any atom is 0.115 e. The van der Waals surface area contributed by atoms with Crippen LogP contribution in [0.25, 0.3) is 0 Å². The van der Waals surface area contributed by atoms with E-state index in [9.17, 15) is 0 Å². The van der Waals surface area contributed by atoms with Gasteiger partial charge in [0.25, 0.3) is 0 Å². The second kappa shape index (κ2) is 4.28. The van der Waals surface area contributed by atoms with Crippen LogP contribution in [0, 0.1) is 0 Å². The Labute approximate surface area is 79.8 Å². The summed E-state index contributed by atoms with van der Waals surface area (Å²) >= 11 is 0. The predicted octanol–water partition coefficient (Wildman–Crippen LogP) is 1.88. The molecule has 0 aromatic heterocycles. The maximum atomic E-state index is 9.09. The fourth-order valence-electron chi connectivity index (χ4n) is 1.16. The average molecular weight is 179 g/mol. The lowest BCUT2D eigenvalue weighted by atomic mass is 10.1. The van der Waals surface area contributed by atoms with Gasteiger partial charge in [0.1, 0.15) is 5.75 Å². The molecule has 72 valence electrons. The summed E-state index contributed by atoms with van der Waals surface area (Å²) in [6, 6.07) is 7.93. The van der Waals surface area contributed by atoms with Crippen LogP contribution in [0.15, 0.2) is 24.3 Å². The average Bonchev–Trinajstić information content (AvgIpc) is 2.08. The van der Waals surface area contributed by atoms with Gasteiger partial charge in [0.15, 0.2) is 0 Å². The molecule has 0 bridgehead atoms. The SMILES string of the molecule is CC(Cc1ccc(O)cc1)N(C)C. The summed E-state index contributed by atoms with van der Waals surface area (Å²) in [5.41, 5.74) is 1.26. The van der Waals surface area contributed by atoms with Crippen LogP contribution < -0.4 is 0 Å². The van der Waals surface area contributed by atoms with E-state index in [0.717, 1.165) is 6.42 Å². The molecule has 1 atom stereocenters. The van der Waals surface area contributed by atoms with Crippen molar-refractivity contribution in [3.63, 3.8) is 0 Å². The van der Waals surface area contributed by atoms with E-state index >= 15 is 0 Å². The van der Waals surface area contributed by atoms with Crippen LogP contribution in [0.2, 0.25) is 0 Å². The van der Waals surface area contributed by atoms with Gasteiger partial charge in [-0.3, -0.25) is 0 Å². The summed E-state index contributed by atoms with van der Waals surface area (Å²) in [5.74, 6) is 0.334. The van der Waals surface area contributed by atoms with Gasteiger partial charge >= 0.3 is 0 Å². The van der Waals surface area contributed by atoms with Gasteiger partial charge in [-0.1, -0.05) is 12.1 Å². The van der Waals surface area contributed by atoms with E-state index in [1.165, 1.54) is 5.56 Å². The minimum atomic E-state index is 0.334. The van der Waals surface area contributed by atoms with Gasteiger partial charge in [-0.2, -0.15) is 0 Å². The first-order chi connectivity index (χ1) is 6.09. The lowest BCUT2D eigenvalue weighted by Crippen LogP contribution is -2.26. The van der Waals surface area contributed by atoms with Crippen LogP contribution in [0.4, 0.5) is 0 Å². The van der Waals surface area contributed by atoms with E-state index in [-0.39, 0.29) is 0 Å². The zero-order valence-electron chi connectivity index (χ0n) is 8.49. The number of rotatable bonds is 3. The van der Waals surface area contributed by atoms with Crippen LogP contribution in [-0.2, 0) is 6.42 Å². The molecule has 1 rings (SSSR count). The molecule has 1 aromatic carbocycles. The molecule has 0 saturated carbocycles. The number of nitrogens with zero attached hydrogens (tertiary/aromatic N) is 1. The predicted molar refractivity (Wildman–Crippen MR) is 55.0 cm³/mol. The zero-order valence-corrected chi connectivity index (χ0v) is 8.49. The Hall–Kier alpha value is -1.02. The van der Waals surface area contributed by atoms with E-state index in [1.807, 2.05) is 12.1 Å². The van der Waals surface area contributed by atoms with E-state index in [1.54, 1.807) is 12.1 Å². The maximum absolute atomic E-state index is 9.09. The lowest BCUT2D eigenvalue weighted by molar-refractivity contribution is 0.312. The quantitative estimate of drug-likeness (QED) is 0.766. The van der Waals surface area contributed by atoms with Gasteiger partial charge in [-0.25, -0.2) is 0 Å². The summed E-state index contributed by atoms with van der Waals surface area (Å²) < 4.78 is 0. The first-order valence-electron chi connectivity index (χ1n) is 4.54. The highest BCUT2D eigenvalue weighted by Crippen LogP contribution is 2.12. The minimum absolute atomic E-state index is 0.334. The number of likely N-dealkylation sites (N-methyl/N-ethyl adjacent to an activating group) is 1. The van der Waals surface area contributed by atoms with Crippen LogP contribution in [0.5, 0.6) is 5.75 Å². The van der Waals surface area contributed by atoms with Crippen molar-refractivity contribution < 1.29 is 5.11 Å². The summed E-state index contributed by atoms with van der Waals surface area (Å²) in [5, 5.41) is 9.09. The Balaban J connectivity index is 2.59. The number of benzene rings is 1. The van der Waals surface area contributed by atoms with Gasteiger partial charge < -0.3 is 10.0 Å². The molecule has 0 amide bonds. The molecule has 1 aromatic rings. The smallest absolute Gasteiger partial charge is 0.115 e. The molecule has 2 nitrogen and oxygen atoms in total. The third kappa shape index (κ3) is 3.07. The zero-order chi connectivity index (χ0) is 9.84. The Morgan fingerprint density at radius 1 is 1.23 bits per heavy atom. The Bertz CT molecular complexity index is 253. The molecule has 0 spiro atoms. The monoisotopic (exact) mass is 179 g/mol. The fourth-order valence-corrected chi connectivity index (χ4v) is 1.16. The number of phenols is 1. The molecule has 0 heterocycles. The van der Waals surface area contributed by atoms with Crippen molar-refractivity contribution in [1.29, 1.82) is 0 Å².